The minimum atomic E-state index is -0.412. The minimum absolute atomic E-state index is 0. The van der Waals surface area contributed by atoms with E-state index < -0.39 is 5.41 Å². The zero-order valence-corrected chi connectivity index (χ0v) is 16.1. The fraction of sp³-hybridized carbons (Fsp3) is 0.778. The highest BCUT2D eigenvalue weighted by molar-refractivity contribution is 6.40. The summed E-state index contributed by atoms with van der Waals surface area (Å²) in [5.74, 6) is 0.613. The van der Waals surface area contributed by atoms with Gasteiger partial charge in [-0.15, -0.1) is 0 Å². The Morgan fingerprint density at radius 3 is 3.04 bits per heavy atom. The second kappa shape index (κ2) is 4.62. The number of ketones is 1. The summed E-state index contributed by atoms with van der Waals surface area (Å²) in [4.78, 5) is 27.9. The summed E-state index contributed by atoms with van der Waals surface area (Å²) >= 11 is 0. The highest BCUT2D eigenvalue weighted by Gasteiger charge is 2.78. The molecule has 0 aromatic rings. The molecule has 5 nitrogen and oxygen atoms in total. The summed E-state index contributed by atoms with van der Waals surface area (Å²) in [6.45, 7) is 3.50. The van der Waals surface area contributed by atoms with Gasteiger partial charge in [-0.1, -0.05) is 6.08 Å². The molecule has 0 radical (unpaired) electrons. The van der Waals surface area contributed by atoms with Crippen LogP contribution in [0.5, 0.6) is 0 Å². The van der Waals surface area contributed by atoms with E-state index >= 15 is 0 Å². The van der Waals surface area contributed by atoms with Gasteiger partial charge in [0.25, 0.3) is 5.91 Å². The molecule has 6 rings (SSSR count). The summed E-state index contributed by atoms with van der Waals surface area (Å²) < 4.78 is 7.15. The van der Waals surface area contributed by atoms with E-state index in [0.29, 0.717) is 31.0 Å². The van der Waals surface area contributed by atoms with Crippen LogP contribution in [0.25, 0.3) is 0 Å². The summed E-state index contributed by atoms with van der Waals surface area (Å²) in [5.41, 5.74) is 1.13. The molecule has 6 aliphatic rings. The van der Waals surface area contributed by atoms with Crippen LogP contribution in [0.15, 0.2) is 11.6 Å². The van der Waals surface area contributed by atoms with Gasteiger partial charge in [-0.05, 0) is 17.9 Å². The van der Waals surface area contributed by atoms with Crippen molar-refractivity contribution in [2.75, 3.05) is 33.3 Å². The lowest BCUT2D eigenvalue weighted by atomic mass is 9.54. The zero-order valence-electron chi connectivity index (χ0n) is 13.9. The maximum absolute atomic E-state index is 13.1. The van der Waals surface area contributed by atoms with Crippen molar-refractivity contribution in [1.29, 1.82) is 0 Å². The van der Waals surface area contributed by atoms with E-state index in [1.54, 1.807) is 5.57 Å². The van der Waals surface area contributed by atoms with Crippen molar-refractivity contribution in [2.45, 2.75) is 37.5 Å². The van der Waals surface area contributed by atoms with Gasteiger partial charge in [0.05, 0.1) is 32.3 Å². The lowest BCUT2D eigenvalue weighted by Gasteiger charge is -2.58. The van der Waals surface area contributed by atoms with Gasteiger partial charge in [0.2, 0.25) is 5.78 Å². The van der Waals surface area contributed by atoms with Crippen molar-refractivity contribution in [3.8, 4) is 0 Å². The molecule has 7 unspecified atom stereocenters. The summed E-state index contributed by atoms with van der Waals surface area (Å²) in [6.07, 6.45) is 5.41. The SMILES string of the molecule is C[N+]12CCC34C(=O)C(=O)N5CCC6OCC=C(C1)C(CC32)C6C54.[I-]. The van der Waals surface area contributed by atoms with Crippen molar-refractivity contribution in [1.82, 2.24) is 4.90 Å². The number of Topliss-reactive ketones (excluding diaryl/α,β-unsaturated/α-hetero) is 1. The Morgan fingerprint density at radius 2 is 2.21 bits per heavy atom. The highest BCUT2D eigenvalue weighted by atomic mass is 127. The average Bonchev–Trinajstić information content (AvgIpc) is 2.89. The van der Waals surface area contributed by atoms with Crippen LogP contribution in [-0.4, -0.2) is 72.5 Å². The van der Waals surface area contributed by atoms with Gasteiger partial charge in [0.15, 0.2) is 0 Å². The number of hydrogen-bond donors (Lipinski definition) is 0. The van der Waals surface area contributed by atoms with Crippen molar-refractivity contribution in [3.63, 3.8) is 0 Å². The number of carbonyl (C=O) groups is 2. The number of carbonyl (C=O) groups excluding carboxylic acids is 2. The first kappa shape index (κ1) is 15.8. The van der Waals surface area contributed by atoms with Gasteiger partial charge in [-0.2, -0.15) is 0 Å². The maximum atomic E-state index is 13.1. The largest absolute Gasteiger partial charge is 1.00 e. The smallest absolute Gasteiger partial charge is 0.291 e. The monoisotopic (exact) mass is 442 g/mol. The molecule has 1 amide bonds. The van der Waals surface area contributed by atoms with E-state index in [2.05, 4.69) is 13.1 Å². The second-order valence-electron chi connectivity index (χ2n) is 8.80. The summed E-state index contributed by atoms with van der Waals surface area (Å²) in [5, 5.41) is 0. The van der Waals surface area contributed by atoms with Crippen LogP contribution in [0.3, 0.4) is 0 Å². The standard InChI is InChI=1S/C18H23N2O3.HI/c1-20-6-4-18-13(20)8-11-10(9-20)3-7-23-12-2-5-19(15(18)14(11)12)17(22)16(18)21;/h3,11-15H,2,4-9H2,1H3;1H/q+1;/p-1. The topological polar surface area (TPSA) is 46.6 Å². The zero-order chi connectivity index (χ0) is 15.6. The molecule has 7 atom stereocenters. The van der Waals surface area contributed by atoms with Gasteiger partial charge >= 0.3 is 0 Å². The number of amides is 1. The highest BCUT2D eigenvalue weighted by Crippen LogP contribution is 2.64. The van der Waals surface area contributed by atoms with E-state index in [1.807, 2.05) is 4.90 Å². The van der Waals surface area contributed by atoms with E-state index in [9.17, 15) is 9.59 Å². The molecule has 1 spiro atoms. The molecule has 5 heterocycles. The van der Waals surface area contributed by atoms with Gasteiger partial charge < -0.3 is 38.1 Å². The number of ether oxygens (including phenoxy) is 1. The molecule has 5 aliphatic heterocycles. The number of halogens is 1. The maximum Gasteiger partial charge on any atom is 0.291 e. The molecule has 1 aliphatic carbocycles. The minimum Gasteiger partial charge on any atom is -1.00 e. The number of likely N-dealkylation sites (N-methyl/N-ethyl adjacent to an activating group) is 1. The Morgan fingerprint density at radius 1 is 1.38 bits per heavy atom. The molecular weight excluding hydrogens is 419 g/mol. The van der Waals surface area contributed by atoms with Gasteiger partial charge in [0.1, 0.15) is 18.0 Å². The van der Waals surface area contributed by atoms with Crippen LogP contribution < -0.4 is 24.0 Å². The van der Waals surface area contributed by atoms with Crippen LogP contribution in [0, 0.1) is 17.3 Å². The van der Waals surface area contributed by atoms with Crippen molar-refractivity contribution < 1.29 is 42.8 Å². The van der Waals surface area contributed by atoms with Gasteiger partial charge in [0, 0.05) is 25.3 Å². The molecule has 1 saturated carbocycles. The van der Waals surface area contributed by atoms with Gasteiger partial charge in [-0.3, -0.25) is 9.59 Å². The summed E-state index contributed by atoms with van der Waals surface area (Å²) in [6, 6.07) is 0.441. The van der Waals surface area contributed by atoms with E-state index in [0.717, 1.165) is 36.8 Å². The average molecular weight is 442 g/mol. The van der Waals surface area contributed by atoms with Crippen molar-refractivity contribution in [2.24, 2.45) is 17.3 Å². The van der Waals surface area contributed by atoms with Crippen molar-refractivity contribution in [3.05, 3.63) is 11.6 Å². The van der Waals surface area contributed by atoms with E-state index in [-0.39, 0.29) is 47.8 Å². The predicted octanol–water partition coefficient (Wildman–Crippen LogP) is -2.65. The van der Waals surface area contributed by atoms with Crippen LogP contribution >= 0.6 is 0 Å². The Bertz CT molecular complexity index is 694. The molecule has 0 aromatic heterocycles. The Hall–Kier alpha value is -0.470. The molecule has 24 heavy (non-hydrogen) atoms. The third kappa shape index (κ3) is 1.47. The molecule has 2 bridgehead atoms. The van der Waals surface area contributed by atoms with Crippen molar-refractivity contribution >= 4 is 11.7 Å². The number of nitrogens with zero attached hydrogens (tertiary/aromatic N) is 2. The molecule has 5 fully saturated rings. The number of hydrogen-bond acceptors (Lipinski definition) is 3. The molecule has 0 N–H and O–H groups in total. The normalized spacial score (nSPS) is 53.5. The molecule has 0 aromatic carbocycles. The first-order chi connectivity index (χ1) is 11.1. The summed E-state index contributed by atoms with van der Waals surface area (Å²) in [7, 11) is 2.31. The molecule has 6 heteroatoms. The number of quaternary nitrogens is 1. The Balaban J connectivity index is 0.00000131. The Labute approximate surface area is 159 Å². The predicted molar refractivity (Wildman–Crippen MR) is 81.3 cm³/mol. The fourth-order valence-corrected chi connectivity index (χ4v) is 7.40. The number of rotatable bonds is 0. The Kier molecular flexibility index (Phi) is 3.04. The quantitative estimate of drug-likeness (QED) is 0.178. The third-order valence-electron chi connectivity index (χ3n) is 8.19. The van der Waals surface area contributed by atoms with Gasteiger partial charge in [-0.25, -0.2) is 0 Å². The first-order valence-electron chi connectivity index (χ1n) is 9.06. The third-order valence-corrected chi connectivity index (χ3v) is 8.19. The van der Waals surface area contributed by atoms with Crippen LogP contribution in [0.2, 0.25) is 0 Å². The van der Waals surface area contributed by atoms with Crippen LogP contribution in [0.1, 0.15) is 19.3 Å². The first-order valence-corrected chi connectivity index (χ1v) is 9.06. The number of piperidine rings is 2. The molecular formula is C18H23IN2O3. The lowest BCUT2D eigenvalue weighted by Crippen LogP contribution is -3.00. The van der Waals surface area contributed by atoms with Crippen LogP contribution in [-0.2, 0) is 14.3 Å². The van der Waals surface area contributed by atoms with E-state index in [4.69, 9.17) is 4.74 Å². The fourth-order valence-electron chi connectivity index (χ4n) is 7.40. The lowest BCUT2D eigenvalue weighted by molar-refractivity contribution is -0.925. The second-order valence-corrected chi connectivity index (χ2v) is 8.80. The molecule has 130 valence electrons. The van der Waals surface area contributed by atoms with Crippen LogP contribution in [0.4, 0.5) is 0 Å². The molecule has 4 saturated heterocycles. The van der Waals surface area contributed by atoms with E-state index in [1.165, 1.54) is 0 Å².